The molecule has 0 aromatic rings. The van der Waals surface area contributed by atoms with Crippen LogP contribution >= 0.6 is 0 Å². The standard InChI is InChI=1S/C29H48O3/c1-18-9-12-27(4)21(15-18)7-8-22-23(27)11-13-28(5)24(22)16-25-26(28)20(3)29(31-6,32-25)14-10-19(2)17-30/h7,18-20,22-26,30H,8-17H2,1-6H3. The molecule has 11 unspecified atom stereocenters. The Hall–Kier alpha value is -0.380. The predicted molar refractivity (Wildman–Crippen MR) is 129 cm³/mol. The lowest BCUT2D eigenvalue weighted by molar-refractivity contribution is -0.238. The van der Waals surface area contributed by atoms with Crippen molar-refractivity contribution in [1.82, 2.24) is 0 Å². The third kappa shape index (κ3) is 3.23. The van der Waals surface area contributed by atoms with E-state index < -0.39 is 5.79 Å². The average molecular weight is 445 g/mol. The highest BCUT2D eigenvalue weighted by molar-refractivity contribution is 5.26. The number of hydrogen-bond donors (Lipinski definition) is 1. The van der Waals surface area contributed by atoms with E-state index in [0.717, 1.165) is 36.5 Å². The van der Waals surface area contributed by atoms with Crippen LogP contribution in [-0.4, -0.2) is 30.7 Å². The zero-order chi connectivity index (χ0) is 22.9. The van der Waals surface area contributed by atoms with Gasteiger partial charge in [0.1, 0.15) is 0 Å². The normalized spacial score (nSPS) is 53.1. The molecule has 0 bridgehead atoms. The number of aliphatic hydroxyl groups is 1. The SMILES string of the molecule is COC1(CCC(C)CO)OC2CC3C4CC=C5CC(C)CCC5(C)C4CCC3(C)C2C1C. The van der Waals surface area contributed by atoms with Crippen LogP contribution in [-0.2, 0) is 9.47 Å². The van der Waals surface area contributed by atoms with Crippen LogP contribution in [0, 0.1) is 52.3 Å². The van der Waals surface area contributed by atoms with Crippen molar-refractivity contribution in [2.45, 2.75) is 104 Å². The number of aliphatic hydroxyl groups excluding tert-OH is 1. The zero-order valence-electron chi connectivity index (χ0n) is 21.5. The van der Waals surface area contributed by atoms with Gasteiger partial charge in [0.25, 0.3) is 0 Å². The topological polar surface area (TPSA) is 38.7 Å². The van der Waals surface area contributed by atoms with Crippen LogP contribution in [0.15, 0.2) is 11.6 Å². The first-order chi connectivity index (χ1) is 15.2. The first kappa shape index (κ1) is 23.4. The van der Waals surface area contributed by atoms with Crippen LogP contribution in [0.4, 0.5) is 0 Å². The molecule has 32 heavy (non-hydrogen) atoms. The molecule has 0 aromatic heterocycles. The third-order valence-corrected chi connectivity index (χ3v) is 11.7. The van der Waals surface area contributed by atoms with Crippen LogP contribution in [0.2, 0.25) is 0 Å². The van der Waals surface area contributed by atoms with Crippen molar-refractivity contribution >= 4 is 0 Å². The summed E-state index contributed by atoms with van der Waals surface area (Å²) in [6.45, 7) is 12.5. The molecule has 11 atom stereocenters. The minimum absolute atomic E-state index is 0.247. The van der Waals surface area contributed by atoms with Gasteiger partial charge in [-0.25, -0.2) is 0 Å². The minimum atomic E-state index is -0.464. The molecule has 5 rings (SSSR count). The van der Waals surface area contributed by atoms with Crippen molar-refractivity contribution in [3.05, 3.63) is 11.6 Å². The van der Waals surface area contributed by atoms with E-state index in [-0.39, 0.29) is 6.61 Å². The molecule has 3 nitrogen and oxygen atoms in total. The summed E-state index contributed by atoms with van der Waals surface area (Å²) >= 11 is 0. The Balaban J connectivity index is 1.39. The smallest absolute Gasteiger partial charge is 0.171 e. The molecule has 3 saturated carbocycles. The van der Waals surface area contributed by atoms with Crippen molar-refractivity contribution in [1.29, 1.82) is 0 Å². The van der Waals surface area contributed by atoms with E-state index in [1.54, 1.807) is 5.57 Å². The van der Waals surface area contributed by atoms with Crippen molar-refractivity contribution in [2.75, 3.05) is 13.7 Å². The fraction of sp³-hybridized carbons (Fsp3) is 0.931. The van der Waals surface area contributed by atoms with Gasteiger partial charge in [-0.3, -0.25) is 0 Å². The fourth-order valence-corrected chi connectivity index (χ4v) is 9.68. The summed E-state index contributed by atoms with van der Waals surface area (Å²) in [6.07, 6.45) is 14.3. The molecule has 0 aromatic carbocycles. The average Bonchev–Trinajstić information content (AvgIpc) is 3.23. The number of fused-ring (bicyclic) bond motifs is 7. The van der Waals surface area contributed by atoms with Gasteiger partial charge >= 0.3 is 0 Å². The molecule has 1 N–H and O–H groups in total. The lowest BCUT2D eigenvalue weighted by atomic mass is 9.46. The molecule has 4 fully saturated rings. The van der Waals surface area contributed by atoms with Gasteiger partial charge in [0.2, 0.25) is 0 Å². The third-order valence-electron chi connectivity index (χ3n) is 11.7. The van der Waals surface area contributed by atoms with Gasteiger partial charge in [0.15, 0.2) is 5.79 Å². The first-order valence-corrected chi connectivity index (χ1v) is 13.7. The van der Waals surface area contributed by atoms with Gasteiger partial charge in [0, 0.05) is 26.1 Å². The van der Waals surface area contributed by atoms with E-state index in [0.29, 0.717) is 34.7 Å². The molecule has 4 aliphatic carbocycles. The molecule has 0 amide bonds. The highest BCUT2D eigenvalue weighted by atomic mass is 16.7. The van der Waals surface area contributed by atoms with E-state index in [4.69, 9.17) is 9.47 Å². The molecule has 5 aliphatic rings. The first-order valence-electron chi connectivity index (χ1n) is 13.7. The molecular formula is C29H48O3. The second-order valence-corrected chi connectivity index (χ2v) is 13.2. The van der Waals surface area contributed by atoms with Gasteiger partial charge < -0.3 is 14.6 Å². The van der Waals surface area contributed by atoms with Gasteiger partial charge in [0.05, 0.1) is 6.10 Å². The van der Waals surface area contributed by atoms with Crippen molar-refractivity contribution in [2.24, 2.45) is 52.3 Å². The van der Waals surface area contributed by atoms with Crippen LogP contribution in [0.1, 0.15) is 92.4 Å². The molecule has 0 spiro atoms. The van der Waals surface area contributed by atoms with Crippen LogP contribution in [0.5, 0.6) is 0 Å². The van der Waals surface area contributed by atoms with E-state index in [2.05, 4.69) is 40.7 Å². The highest BCUT2D eigenvalue weighted by Gasteiger charge is 2.68. The molecule has 182 valence electrons. The maximum Gasteiger partial charge on any atom is 0.171 e. The molecule has 0 radical (unpaired) electrons. The highest BCUT2D eigenvalue weighted by Crippen LogP contribution is 2.70. The number of hydrogen-bond acceptors (Lipinski definition) is 3. The second-order valence-electron chi connectivity index (χ2n) is 13.2. The molecule has 1 heterocycles. The monoisotopic (exact) mass is 444 g/mol. The maximum atomic E-state index is 9.53. The zero-order valence-corrected chi connectivity index (χ0v) is 21.5. The minimum Gasteiger partial charge on any atom is -0.396 e. The number of allylic oxidation sites excluding steroid dienone is 2. The Bertz CT molecular complexity index is 747. The Morgan fingerprint density at radius 1 is 1.19 bits per heavy atom. The van der Waals surface area contributed by atoms with E-state index in [1.807, 2.05) is 7.11 Å². The van der Waals surface area contributed by atoms with Gasteiger partial charge in [-0.1, -0.05) is 46.3 Å². The number of ether oxygens (including phenoxy) is 2. The number of rotatable bonds is 5. The van der Waals surface area contributed by atoms with Crippen molar-refractivity contribution in [3.8, 4) is 0 Å². The Labute approximate surface area is 196 Å². The molecule has 3 heteroatoms. The largest absolute Gasteiger partial charge is 0.396 e. The van der Waals surface area contributed by atoms with E-state index in [9.17, 15) is 5.11 Å². The summed E-state index contributed by atoms with van der Waals surface area (Å²) in [4.78, 5) is 0. The summed E-state index contributed by atoms with van der Waals surface area (Å²) < 4.78 is 13.0. The van der Waals surface area contributed by atoms with E-state index in [1.165, 1.54) is 44.9 Å². The Kier molecular flexibility index (Phi) is 5.91. The lowest BCUT2D eigenvalue weighted by Crippen LogP contribution is -2.51. The molecule has 1 aliphatic heterocycles. The van der Waals surface area contributed by atoms with Gasteiger partial charge in [-0.05, 0) is 97.7 Å². The Morgan fingerprint density at radius 2 is 1.97 bits per heavy atom. The summed E-state index contributed by atoms with van der Waals surface area (Å²) in [5, 5.41) is 9.53. The summed E-state index contributed by atoms with van der Waals surface area (Å²) in [5.41, 5.74) is 2.63. The predicted octanol–water partition coefficient (Wildman–Crippen LogP) is 6.60. The fourth-order valence-electron chi connectivity index (χ4n) is 9.68. The van der Waals surface area contributed by atoms with Gasteiger partial charge in [-0.2, -0.15) is 0 Å². The summed E-state index contributed by atoms with van der Waals surface area (Å²) in [7, 11) is 1.84. The molecular weight excluding hydrogens is 396 g/mol. The summed E-state index contributed by atoms with van der Waals surface area (Å²) in [5.74, 6) is 4.23. The Morgan fingerprint density at radius 3 is 2.69 bits per heavy atom. The maximum absolute atomic E-state index is 9.53. The molecule has 1 saturated heterocycles. The van der Waals surface area contributed by atoms with Crippen LogP contribution in [0.3, 0.4) is 0 Å². The van der Waals surface area contributed by atoms with Crippen LogP contribution in [0.25, 0.3) is 0 Å². The second kappa shape index (κ2) is 8.09. The van der Waals surface area contributed by atoms with Crippen molar-refractivity contribution in [3.63, 3.8) is 0 Å². The lowest BCUT2D eigenvalue weighted by Gasteiger charge is -2.58. The van der Waals surface area contributed by atoms with Gasteiger partial charge in [-0.15, -0.1) is 0 Å². The quantitative estimate of drug-likeness (QED) is 0.486. The van der Waals surface area contributed by atoms with E-state index >= 15 is 0 Å². The number of methoxy groups -OCH3 is 1. The summed E-state index contributed by atoms with van der Waals surface area (Å²) in [6, 6.07) is 0. The van der Waals surface area contributed by atoms with Crippen LogP contribution < -0.4 is 0 Å². The van der Waals surface area contributed by atoms with Crippen molar-refractivity contribution < 1.29 is 14.6 Å².